The molecule has 31 heavy (non-hydrogen) atoms. The predicted octanol–water partition coefficient (Wildman–Crippen LogP) is 5.37. The predicted molar refractivity (Wildman–Crippen MR) is 118 cm³/mol. The number of hydrogen-bond donors (Lipinski definition) is 2. The summed E-state index contributed by atoms with van der Waals surface area (Å²) in [5.41, 5.74) is 6.91. The van der Waals surface area contributed by atoms with Crippen LogP contribution in [0.4, 0.5) is 4.39 Å². The van der Waals surface area contributed by atoms with Crippen LogP contribution in [0.1, 0.15) is 0 Å². The molecule has 0 aliphatic carbocycles. The lowest BCUT2D eigenvalue weighted by atomic mass is 10.0. The molecule has 0 bridgehead atoms. The monoisotopic (exact) mass is 406 g/mol. The molecule has 0 aliphatic heterocycles. The van der Waals surface area contributed by atoms with Gasteiger partial charge in [-0.25, -0.2) is 4.39 Å². The largest absolute Gasteiger partial charge is 0.353 e. The first-order chi connectivity index (χ1) is 15.3. The van der Waals surface area contributed by atoms with E-state index in [1.165, 1.54) is 12.1 Å². The van der Waals surface area contributed by atoms with Crippen LogP contribution in [0.3, 0.4) is 0 Å². The topological polar surface area (TPSA) is 83.1 Å². The highest BCUT2D eigenvalue weighted by molar-refractivity contribution is 6.01. The molecule has 0 fully saturated rings. The molecule has 148 valence electrons. The molecule has 0 saturated carbocycles. The molecule has 2 N–H and O–H groups in total. The summed E-state index contributed by atoms with van der Waals surface area (Å²) in [6, 6.07) is 16.6. The van der Waals surface area contributed by atoms with E-state index in [0.717, 1.165) is 50.0 Å². The van der Waals surface area contributed by atoms with E-state index in [1.807, 2.05) is 24.3 Å². The Hall–Kier alpha value is -4.39. The molecule has 6 nitrogen and oxygen atoms in total. The molecule has 0 amide bonds. The SMILES string of the molecule is Fc1ccc(-c2cccc3[nH]c(-c4n[nH]c5cnc(-c6cnccn6)cc45)cc23)cc1. The van der Waals surface area contributed by atoms with Crippen molar-refractivity contribution in [3.05, 3.63) is 85.2 Å². The van der Waals surface area contributed by atoms with Crippen LogP contribution in [0.15, 0.2) is 79.4 Å². The van der Waals surface area contributed by atoms with Crippen molar-refractivity contribution >= 4 is 21.8 Å². The van der Waals surface area contributed by atoms with Gasteiger partial charge in [0, 0.05) is 28.7 Å². The summed E-state index contributed by atoms with van der Waals surface area (Å²) in [6.45, 7) is 0. The number of aromatic amines is 2. The number of rotatable bonds is 3. The maximum Gasteiger partial charge on any atom is 0.123 e. The summed E-state index contributed by atoms with van der Waals surface area (Å²) in [5.74, 6) is -0.249. The summed E-state index contributed by atoms with van der Waals surface area (Å²) in [4.78, 5) is 16.4. The van der Waals surface area contributed by atoms with Gasteiger partial charge in [-0.05, 0) is 41.5 Å². The summed E-state index contributed by atoms with van der Waals surface area (Å²) in [5, 5.41) is 9.56. The molecule has 6 aromatic rings. The van der Waals surface area contributed by atoms with Crippen LogP contribution in [0.5, 0.6) is 0 Å². The Kier molecular flexibility index (Phi) is 3.86. The third-order valence-electron chi connectivity index (χ3n) is 5.35. The summed E-state index contributed by atoms with van der Waals surface area (Å²) in [6.07, 6.45) is 6.72. The zero-order valence-electron chi connectivity index (χ0n) is 16.2. The van der Waals surface area contributed by atoms with Gasteiger partial charge in [-0.1, -0.05) is 24.3 Å². The van der Waals surface area contributed by atoms with Gasteiger partial charge in [-0.2, -0.15) is 5.10 Å². The van der Waals surface area contributed by atoms with Gasteiger partial charge in [0.15, 0.2) is 0 Å². The maximum absolute atomic E-state index is 13.4. The first-order valence-corrected chi connectivity index (χ1v) is 9.75. The van der Waals surface area contributed by atoms with E-state index in [-0.39, 0.29) is 5.82 Å². The minimum Gasteiger partial charge on any atom is -0.353 e. The molecular weight excluding hydrogens is 391 g/mol. The molecule has 0 spiro atoms. The van der Waals surface area contributed by atoms with Gasteiger partial charge in [0.05, 0.1) is 29.3 Å². The van der Waals surface area contributed by atoms with Gasteiger partial charge in [0.1, 0.15) is 17.2 Å². The highest BCUT2D eigenvalue weighted by Gasteiger charge is 2.15. The van der Waals surface area contributed by atoms with E-state index in [2.05, 4.69) is 36.2 Å². The molecule has 4 aromatic heterocycles. The van der Waals surface area contributed by atoms with Crippen LogP contribution in [0.2, 0.25) is 0 Å². The minimum absolute atomic E-state index is 0.249. The molecule has 7 heteroatoms. The average molecular weight is 406 g/mol. The minimum atomic E-state index is -0.249. The van der Waals surface area contributed by atoms with Gasteiger partial charge in [-0.3, -0.25) is 20.1 Å². The van der Waals surface area contributed by atoms with Gasteiger partial charge >= 0.3 is 0 Å². The lowest BCUT2D eigenvalue weighted by molar-refractivity contribution is 0.628. The fraction of sp³-hybridized carbons (Fsp3) is 0. The third-order valence-corrected chi connectivity index (χ3v) is 5.35. The number of benzene rings is 2. The Labute approximate surface area is 175 Å². The molecule has 0 atom stereocenters. The zero-order chi connectivity index (χ0) is 20.8. The first-order valence-electron chi connectivity index (χ1n) is 9.75. The van der Waals surface area contributed by atoms with Crippen molar-refractivity contribution in [3.8, 4) is 33.9 Å². The van der Waals surface area contributed by atoms with Crippen molar-refractivity contribution in [3.63, 3.8) is 0 Å². The highest BCUT2D eigenvalue weighted by Crippen LogP contribution is 2.34. The number of halogens is 1. The van der Waals surface area contributed by atoms with Gasteiger partial charge in [0.25, 0.3) is 0 Å². The quantitative estimate of drug-likeness (QED) is 0.414. The van der Waals surface area contributed by atoms with E-state index < -0.39 is 0 Å². The number of hydrogen-bond acceptors (Lipinski definition) is 4. The fourth-order valence-electron chi connectivity index (χ4n) is 3.86. The number of aromatic nitrogens is 6. The van der Waals surface area contributed by atoms with E-state index in [4.69, 9.17) is 0 Å². The number of H-pyrrole nitrogens is 2. The van der Waals surface area contributed by atoms with Crippen molar-refractivity contribution < 1.29 is 4.39 Å². The van der Waals surface area contributed by atoms with Crippen LogP contribution >= 0.6 is 0 Å². The Morgan fingerprint density at radius 2 is 1.68 bits per heavy atom. The van der Waals surface area contributed by atoms with Crippen LogP contribution in [0.25, 0.3) is 55.7 Å². The fourth-order valence-corrected chi connectivity index (χ4v) is 3.86. The molecule has 6 rings (SSSR count). The molecule has 0 unspecified atom stereocenters. The molecule has 4 heterocycles. The Morgan fingerprint density at radius 1 is 0.774 bits per heavy atom. The molecule has 2 aromatic carbocycles. The molecule has 0 aliphatic rings. The zero-order valence-corrected chi connectivity index (χ0v) is 16.2. The van der Waals surface area contributed by atoms with Crippen LogP contribution in [0, 0.1) is 5.82 Å². The summed E-state index contributed by atoms with van der Waals surface area (Å²) < 4.78 is 13.4. The van der Waals surface area contributed by atoms with Crippen molar-refractivity contribution in [2.24, 2.45) is 0 Å². The van der Waals surface area contributed by atoms with Crippen molar-refractivity contribution in [1.29, 1.82) is 0 Å². The lowest BCUT2D eigenvalue weighted by Gasteiger charge is -2.03. The number of pyridine rings is 1. The van der Waals surface area contributed by atoms with Crippen LogP contribution < -0.4 is 0 Å². The van der Waals surface area contributed by atoms with E-state index >= 15 is 0 Å². The van der Waals surface area contributed by atoms with E-state index in [1.54, 1.807) is 36.9 Å². The van der Waals surface area contributed by atoms with Crippen LogP contribution in [-0.2, 0) is 0 Å². The number of nitrogens with zero attached hydrogens (tertiary/aromatic N) is 4. The smallest absolute Gasteiger partial charge is 0.123 e. The van der Waals surface area contributed by atoms with Gasteiger partial charge < -0.3 is 4.98 Å². The highest BCUT2D eigenvalue weighted by atomic mass is 19.1. The molecular formula is C24H15FN6. The maximum atomic E-state index is 13.4. The Bertz CT molecular complexity index is 1530. The van der Waals surface area contributed by atoms with E-state index in [0.29, 0.717) is 5.69 Å². The van der Waals surface area contributed by atoms with Crippen molar-refractivity contribution in [2.45, 2.75) is 0 Å². The number of nitrogens with one attached hydrogen (secondary N) is 2. The first kappa shape index (κ1) is 17.5. The van der Waals surface area contributed by atoms with Gasteiger partial charge in [-0.15, -0.1) is 0 Å². The van der Waals surface area contributed by atoms with Crippen molar-refractivity contribution in [2.75, 3.05) is 0 Å². The second-order valence-electron chi connectivity index (χ2n) is 7.23. The molecule has 0 radical (unpaired) electrons. The molecule has 0 saturated heterocycles. The second kappa shape index (κ2) is 6.84. The van der Waals surface area contributed by atoms with E-state index in [9.17, 15) is 4.39 Å². The normalized spacial score (nSPS) is 11.4. The summed E-state index contributed by atoms with van der Waals surface area (Å²) >= 11 is 0. The summed E-state index contributed by atoms with van der Waals surface area (Å²) in [7, 11) is 0. The Morgan fingerprint density at radius 3 is 2.52 bits per heavy atom. The lowest BCUT2D eigenvalue weighted by Crippen LogP contribution is -1.88. The number of fused-ring (bicyclic) bond motifs is 2. The van der Waals surface area contributed by atoms with Crippen LogP contribution in [-0.4, -0.2) is 30.1 Å². The average Bonchev–Trinajstić information content (AvgIpc) is 3.43. The third kappa shape index (κ3) is 2.95. The Balaban J connectivity index is 1.51. The second-order valence-corrected chi connectivity index (χ2v) is 7.23. The van der Waals surface area contributed by atoms with Crippen molar-refractivity contribution in [1.82, 2.24) is 30.1 Å². The standard InChI is InChI=1S/C24H15FN6/c25-15-6-4-14(5-7-15)16-2-1-3-19-17(16)10-21(29-19)24-18-11-20(23-12-26-8-9-27-23)28-13-22(18)30-31-24/h1-13,29H,(H,30,31). The van der Waals surface area contributed by atoms with Gasteiger partial charge in [0.2, 0.25) is 0 Å².